The minimum atomic E-state index is -0.328. The van der Waals surface area contributed by atoms with Gasteiger partial charge in [-0.1, -0.05) is 0 Å². The summed E-state index contributed by atoms with van der Waals surface area (Å²) in [5, 5.41) is 0. The van der Waals surface area contributed by atoms with Crippen LogP contribution in [0, 0.1) is 0 Å². The molecule has 1 saturated heterocycles. The van der Waals surface area contributed by atoms with Crippen molar-refractivity contribution in [2.24, 2.45) is 5.84 Å². The summed E-state index contributed by atoms with van der Waals surface area (Å²) < 4.78 is 4.85. The maximum Gasteiger partial charge on any atom is 0.409 e. The number of carbonyl (C=O) groups is 2. The van der Waals surface area contributed by atoms with E-state index in [1.807, 2.05) is 0 Å². The fourth-order valence-corrected chi connectivity index (χ4v) is 1.40. The monoisotopic (exact) mass is 216 g/mol. The summed E-state index contributed by atoms with van der Waals surface area (Å²) in [4.78, 5) is 25.6. The van der Waals surface area contributed by atoms with Gasteiger partial charge >= 0.3 is 12.1 Å². The number of hydrogen-bond donors (Lipinski definition) is 2. The quantitative estimate of drug-likeness (QED) is 0.346. The van der Waals surface area contributed by atoms with Gasteiger partial charge in [-0.3, -0.25) is 5.43 Å². The van der Waals surface area contributed by atoms with Gasteiger partial charge in [0.2, 0.25) is 0 Å². The number of nitrogens with two attached hydrogens (primary N) is 1. The second-order valence-electron chi connectivity index (χ2n) is 3.12. The van der Waals surface area contributed by atoms with Crippen molar-refractivity contribution in [3.05, 3.63) is 0 Å². The predicted octanol–water partition coefficient (Wildman–Crippen LogP) is -0.656. The Morgan fingerprint density at radius 3 is 2.27 bits per heavy atom. The molecule has 7 nitrogen and oxygen atoms in total. The van der Waals surface area contributed by atoms with Gasteiger partial charge in [-0.25, -0.2) is 15.4 Å². The third-order valence-electron chi connectivity index (χ3n) is 2.22. The molecule has 1 fully saturated rings. The Kier molecular flexibility index (Phi) is 4.17. The van der Waals surface area contributed by atoms with E-state index in [4.69, 9.17) is 10.6 Å². The molecular weight excluding hydrogens is 200 g/mol. The first-order valence-electron chi connectivity index (χ1n) is 4.86. The molecule has 1 aliphatic heterocycles. The van der Waals surface area contributed by atoms with Crippen LogP contribution in [0.1, 0.15) is 6.92 Å². The highest BCUT2D eigenvalue weighted by molar-refractivity contribution is 5.74. The normalized spacial score (nSPS) is 16.1. The molecule has 7 heteroatoms. The maximum absolute atomic E-state index is 11.3. The van der Waals surface area contributed by atoms with E-state index >= 15 is 0 Å². The van der Waals surface area contributed by atoms with E-state index in [2.05, 4.69) is 5.43 Å². The molecule has 0 atom stereocenters. The van der Waals surface area contributed by atoms with Gasteiger partial charge in [0.05, 0.1) is 6.61 Å². The van der Waals surface area contributed by atoms with E-state index in [0.717, 1.165) is 0 Å². The smallest absolute Gasteiger partial charge is 0.409 e. The number of amides is 3. The molecule has 0 aromatic carbocycles. The first-order chi connectivity index (χ1) is 7.19. The molecule has 15 heavy (non-hydrogen) atoms. The fraction of sp³-hybridized carbons (Fsp3) is 0.750. The summed E-state index contributed by atoms with van der Waals surface area (Å²) in [6.07, 6.45) is -0.328. The Balaban J connectivity index is 2.35. The summed E-state index contributed by atoms with van der Waals surface area (Å²) in [6, 6.07) is -0.321. The first kappa shape index (κ1) is 11.6. The topological polar surface area (TPSA) is 87.9 Å². The lowest BCUT2D eigenvalue weighted by atomic mass is 10.3. The number of urea groups is 1. The Hall–Kier alpha value is -1.50. The second kappa shape index (κ2) is 5.40. The summed E-state index contributed by atoms with van der Waals surface area (Å²) in [7, 11) is 0. The number of hydrogen-bond acceptors (Lipinski definition) is 4. The number of nitrogens with one attached hydrogen (secondary N) is 1. The molecule has 0 saturated carbocycles. The number of hydrazine groups is 1. The third kappa shape index (κ3) is 2.98. The highest BCUT2D eigenvalue weighted by atomic mass is 16.6. The molecule has 0 aliphatic carbocycles. The van der Waals surface area contributed by atoms with Gasteiger partial charge in [-0.05, 0) is 6.92 Å². The molecule has 86 valence electrons. The Labute approximate surface area is 88.1 Å². The lowest BCUT2D eigenvalue weighted by Crippen LogP contribution is -2.54. The van der Waals surface area contributed by atoms with E-state index in [1.165, 1.54) is 0 Å². The zero-order chi connectivity index (χ0) is 11.3. The lowest BCUT2D eigenvalue weighted by molar-refractivity contribution is 0.0852. The number of rotatable bonds is 1. The second-order valence-corrected chi connectivity index (χ2v) is 3.12. The van der Waals surface area contributed by atoms with Crippen molar-refractivity contribution in [3.8, 4) is 0 Å². The molecule has 1 heterocycles. The minimum absolute atomic E-state index is 0.321. The third-order valence-corrected chi connectivity index (χ3v) is 2.22. The molecule has 0 unspecified atom stereocenters. The van der Waals surface area contributed by atoms with Gasteiger partial charge in [0.1, 0.15) is 0 Å². The Bertz CT molecular complexity index is 238. The van der Waals surface area contributed by atoms with Crippen LogP contribution in [0.25, 0.3) is 0 Å². The van der Waals surface area contributed by atoms with Crippen molar-refractivity contribution in [1.29, 1.82) is 0 Å². The van der Waals surface area contributed by atoms with Crippen LogP contribution in [0.5, 0.6) is 0 Å². The first-order valence-corrected chi connectivity index (χ1v) is 4.86. The van der Waals surface area contributed by atoms with Gasteiger partial charge in [-0.15, -0.1) is 0 Å². The zero-order valence-corrected chi connectivity index (χ0v) is 8.73. The van der Waals surface area contributed by atoms with Crippen LogP contribution in [0.2, 0.25) is 0 Å². The number of carbonyl (C=O) groups excluding carboxylic acids is 2. The SMILES string of the molecule is CCOC(=O)N1CCN(C(=O)NN)CC1. The van der Waals surface area contributed by atoms with Gasteiger partial charge in [0.25, 0.3) is 0 Å². The van der Waals surface area contributed by atoms with Crippen LogP contribution in [-0.2, 0) is 4.74 Å². The molecule has 0 bridgehead atoms. The summed E-state index contributed by atoms with van der Waals surface area (Å²) in [5.74, 6) is 5.00. The predicted molar refractivity (Wildman–Crippen MR) is 52.9 cm³/mol. The molecule has 0 spiro atoms. The summed E-state index contributed by atoms with van der Waals surface area (Å²) in [5.41, 5.74) is 2.06. The molecule has 0 radical (unpaired) electrons. The van der Waals surface area contributed by atoms with E-state index in [-0.39, 0.29) is 12.1 Å². The van der Waals surface area contributed by atoms with E-state index in [1.54, 1.807) is 16.7 Å². The maximum atomic E-state index is 11.3. The van der Waals surface area contributed by atoms with E-state index in [9.17, 15) is 9.59 Å². The van der Waals surface area contributed by atoms with Crippen molar-refractivity contribution in [3.63, 3.8) is 0 Å². The van der Waals surface area contributed by atoms with Gasteiger partial charge in [0.15, 0.2) is 0 Å². The van der Waals surface area contributed by atoms with Crippen molar-refractivity contribution < 1.29 is 14.3 Å². The van der Waals surface area contributed by atoms with Crippen molar-refractivity contribution in [2.45, 2.75) is 6.92 Å². The van der Waals surface area contributed by atoms with Crippen LogP contribution in [0.4, 0.5) is 9.59 Å². The standard InChI is InChI=1S/C8H16N4O3/c1-2-15-8(14)12-5-3-11(4-6-12)7(13)10-9/h2-6,9H2,1H3,(H,10,13). The van der Waals surface area contributed by atoms with Crippen LogP contribution < -0.4 is 11.3 Å². The molecule has 3 amide bonds. The Morgan fingerprint density at radius 2 is 1.80 bits per heavy atom. The van der Waals surface area contributed by atoms with Gasteiger partial charge in [-0.2, -0.15) is 0 Å². The average molecular weight is 216 g/mol. The highest BCUT2D eigenvalue weighted by Crippen LogP contribution is 2.03. The molecule has 0 aromatic rings. The molecular formula is C8H16N4O3. The largest absolute Gasteiger partial charge is 0.450 e. The van der Waals surface area contributed by atoms with Gasteiger partial charge in [0, 0.05) is 26.2 Å². The number of nitrogens with zero attached hydrogens (tertiary/aromatic N) is 2. The minimum Gasteiger partial charge on any atom is -0.450 e. The summed E-state index contributed by atoms with van der Waals surface area (Å²) in [6.45, 7) is 4.03. The summed E-state index contributed by atoms with van der Waals surface area (Å²) >= 11 is 0. The van der Waals surface area contributed by atoms with Crippen LogP contribution in [0.3, 0.4) is 0 Å². The van der Waals surface area contributed by atoms with E-state index < -0.39 is 0 Å². The molecule has 0 aromatic heterocycles. The average Bonchev–Trinajstić information content (AvgIpc) is 2.28. The Morgan fingerprint density at radius 1 is 1.27 bits per heavy atom. The van der Waals surface area contributed by atoms with Crippen LogP contribution in [-0.4, -0.2) is 54.7 Å². The molecule has 1 aliphatic rings. The fourth-order valence-electron chi connectivity index (χ4n) is 1.40. The van der Waals surface area contributed by atoms with Gasteiger partial charge < -0.3 is 14.5 Å². The van der Waals surface area contributed by atoms with Crippen molar-refractivity contribution >= 4 is 12.1 Å². The molecule has 1 rings (SSSR count). The number of piperazine rings is 1. The van der Waals surface area contributed by atoms with Crippen molar-refractivity contribution in [2.75, 3.05) is 32.8 Å². The van der Waals surface area contributed by atoms with Crippen molar-refractivity contribution in [1.82, 2.24) is 15.2 Å². The van der Waals surface area contributed by atoms with Crippen LogP contribution in [0.15, 0.2) is 0 Å². The highest BCUT2D eigenvalue weighted by Gasteiger charge is 2.24. The lowest BCUT2D eigenvalue weighted by Gasteiger charge is -2.33. The zero-order valence-electron chi connectivity index (χ0n) is 8.73. The number of ether oxygens (including phenoxy) is 1. The molecule has 3 N–H and O–H groups in total. The van der Waals surface area contributed by atoms with Crippen LogP contribution >= 0.6 is 0 Å². The van der Waals surface area contributed by atoms with E-state index in [0.29, 0.717) is 32.8 Å².